The molecule has 2 rings (SSSR count). The molecule has 0 saturated carbocycles. The van der Waals surface area contributed by atoms with Gasteiger partial charge in [0.2, 0.25) is 0 Å². The molecule has 0 heterocycles. The lowest BCUT2D eigenvalue weighted by molar-refractivity contribution is -0.147. The average molecular weight is 298 g/mol. The Hall–Kier alpha value is -2.29. The van der Waals surface area contributed by atoms with E-state index in [9.17, 15) is 4.79 Å². The zero-order chi connectivity index (χ0) is 16.0. The Kier molecular flexibility index (Phi) is 5.21. The molecule has 1 atom stereocenters. The van der Waals surface area contributed by atoms with Gasteiger partial charge in [0.15, 0.2) is 0 Å². The van der Waals surface area contributed by atoms with Crippen molar-refractivity contribution in [1.82, 2.24) is 0 Å². The van der Waals surface area contributed by atoms with Crippen LogP contribution >= 0.6 is 0 Å². The zero-order valence-electron chi connectivity index (χ0n) is 13.3. The topological polar surface area (TPSA) is 35.5 Å². The number of hydrogen-bond donors (Lipinski definition) is 0. The third-order valence-electron chi connectivity index (χ3n) is 3.76. The van der Waals surface area contributed by atoms with Gasteiger partial charge in [0.1, 0.15) is 11.2 Å². The summed E-state index contributed by atoms with van der Waals surface area (Å²) < 4.78 is 10.9. The zero-order valence-corrected chi connectivity index (χ0v) is 13.3. The predicted molar refractivity (Wildman–Crippen MR) is 87.1 cm³/mol. The first kappa shape index (κ1) is 16.1. The summed E-state index contributed by atoms with van der Waals surface area (Å²) in [5, 5.41) is 0. The number of hydrogen-bond acceptors (Lipinski definition) is 3. The SMILES string of the molecule is CCOC(=O)C(C)(c1ccccc1)c1cccc(OCC)c1. The third-order valence-corrected chi connectivity index (χ3v) is 3.76. The minimum Gasteiger partial charge on any atom is -0.494 e. The lowest BCUT2D eigenvalue weighted by atomic mass is 9.76. The Bertz CT molecular complexity index is 622. The van der Waals surface area contributed by atoms with Crippen molar-refractivity contribution in [2.75, 3.05) is 13.2 Å². The molecule has 2 aromatic rings. The molecule has 0 N–H and O–H groups in total. The van der Waals surface area contributed by atoms with E-state index < -0.39 is 5.41 Å². The van der Waals surface area contributed by atoms with Crippen LogP contribution in [0.5, 0.6) is 5.75 Å². The van der Waals surface area contributed by atoms with Crippen molar-refractivity contribution in [3.05, 3.63) is 65.7 Å². The maximum absolute atomic E-state index is 12.7. The lowest BCUT2D eigenvalue weighted by Crippen LogP contribution is -2.35. The van der Waals surface area contributed by atoms with Crippen LogP contribution in [0.15, 0.2) is 54.6 Å². The summed E-state index contributed by atoms with van der Waals surface area (Å²) in [5.41, 5.74) is 0.912. The van der Waals surface area contributed by atoms with E-state index in [2.05, 4.69) is 0 Å². The van der Waals surface area contributed by atoms with Gasteiger partial charge >= 0.3 is 5.97 Å². The van der Waals surface area contributed by atoms with Crippen LogP contribution in [0.3, 0.4) is 0 Å². The van der Waals surface area contributed by atoms with Crippen LogP contribution in [-0.2, 0) is 14.9 Å². The monoisotopic (exact) mass is 298 g/mol. The molecule has 22 heavy (non-hydrogen) atoms. The van der Waals surface area contributed by atoms with Gasteiger partial charge in [-0.25, -0.2) is 0 Å². The Morgan fingerprint density at radius 3 is 2.27 bits per heavy atom. The van der Waals surface area contributed by atoms with Crippen molar-refractivity contribution >= 4 is 5.97 Å². The Morgan fingerprint density at radius 1 is 0.955 bits per heavy atom. The van der Waals surface area contributed by atoms with Gasteiger partial charge < -0.3 is 9.47 Å². The smallest absolute Gasteiger partial charge is 0.320 e. The molecule has 0 amide bonds. The van der Waals surface area contributed by atoms with Gasteiger partial charge in [0.25, 0.3) is 0 Å². The fourth-order valence-corrected chi connectivity index (χ4v) is 2.51. The van der Waals surface area contributed by atoms with Crippen LogP contribution in [0.4, 0.5) is 0 Å². The first-order valence-electron chi connectivity index (χ1n) is 7.59. The average Bonchev–Trinajstić information content (AvgIpc) is 2.55. The largest absolute Gasteiger partial charge is 0.494 e. The molecule has 0 saturated heterocycles. The van der Waals surface area contributed by atoms with Gasteiger partial charge in [-0.15, -0.1) is 0 Å². The highest BCUT2D eigenvalue weighted by atomic mass is 16.5. The molecular weight excluding hydrogens is 276 g/mol. The first-order chi connectivity index (χ1) is 10.6. The molecule has 0 fully saturated rings. The van der Waals surface area contributed by atoms with Crippen molar-refractivity contribution in [3.63, 3.8) is 0 Å². The number of carbonyl (C=O) groups excluding carboxylic acids is 1. The summed E-state index contributed by atoms with van der Waals surface area (Å²) >= 11 is 0. The molecule has 3 heteroatoms. The summed E-state index contributed by atoms with van der Waals surface area (Å²) in [5.74, 6) is 0.501. The molecule has 0 aliphatic rings. The Morgan fingerprint density at radius 2 is 1.64 bits per heavy atom. The molecule has 0 aliphatic carbocycles. The number of rotatable bonds is 6. The maximum atomic E-state index is 12.7. The molecule has 0 aromatic heterocycles. The van der Waals surface area contributed by atoms with Crippen LogP contribution in [0.1, 0.15) is 31.9 Å². The van der Waals surface area contributed by atoms with Crippen molar-refractivity contribution in [2.45, 2.75) is 26.2 Å². The normalized spacial score (nSPS) is 13.2. The fraction of sp³-hybridized carbons (Fsp3) is 0.316. The van der Waals surface area contributed by atoms with Crippen molar-refractivity contribution in [3.8, 4) is 5.75 Å². The molecule has 3 nitrogen and oxygen atoms in total. The Labute approximate surface area is 131 Å². The molecule has 0 radical (unpaired) electrons. The van der Waals surface area contributed by atoms with E-state index in [1.54, 1.807) is 0 Å². The minimum absolute atomic E-state index is 0.255. The summed E-state index contributed by atoms with van der Waals surface area (Å²) in [6.45, 7) is 6.59. The molecule has 0 spiro atoms. The van der Waals surface area contributed by atoms with Gasteiger partial charge in [-0.1, -0.05) is 42.5 Å². The van der Waals surface area contributed by atoms with Crippen LogP contribution in [0.25, 0.3) is 0 Å². The van der Waals surface area contributed by atoms with Gasteiger partial charge in [0, 0.05) is 0 Å². The number of benzene rings is 2. The predicted octanol–water partition coefficient (Wildman–Crippen LogP) is 3.95. The van der Waals surface area contributed by atoms with E-state index in [-0.39, 0.29) is 5.97 Å². The van der Waals surface area contributed by atoms with Gasteiger partial charge in [0.05, 0.1) is 13.2 Å². The molecule has 1 unspecified atom stereocenters. The van der Waals surface area contributed by atoms with E-state index >= 15 is 0 Å². The highest BCUT2D eigenvalue weighted by Gasteiger charge is 2.38. The summed E-state index contributed by atoms with van der Waals surface area (Å²) in [6, 6.07) is 17.3. The highest BCUT2D eigenvalue weighted by molar-refractivity contribution is 5.87. The van der Waals surface area contributed by atoms with Crippen molar-refractivity contribution in [1.29, 1.82) is 0 Å². The minimum atomic E-state index is -0.857. The maximum Gasteiger partial charge on any atom is 0.320 e. The van der Waals surface area contributed by atoms with E-state index in [4.69, 9.17) is 9.47 Å². The van der Waals surface area contributed by atoms with Crippen molar-refractivity contribution in [2.24, 2.45) is 0 Å². The molecule has 0 aliphatic heterocycles. The molecular formula is C19H22O3. The van der Waals surface area contributed by atoms with Crippen LogP contribution in [0, 0.1) is 0 Å². The van der Waals surface area contributed by atoms with E-state index in [0.717, 1.165) is 16.9 Å². The van der Waals surface area contributed by atoms with Gasteiger partial charge in [-0.2, -0.15) is 0 Å². The first-order valence-corrected chi connectivity index (χ1v) is 7.59. The van der Waals surface area contributed by atoms with Crippen LogP contribution in [-0.4, -0.2) is 19.2 Å². The lowest BCUT2D eigenvalue weighted by Gasteiger charge is -2.28. The van der Waals surface area contributed by atoms with E-state index in [1.807, 2.05) is 75.4 Å². The van der Waals surface area contributed by atoms with Crippen LogP contribution in [0.2, 0.25) is 0 Å². The van der Waals surface area contributed by atoms with Crippen LogP contribution < -0.4 is 4.74 Å². The Balaban J connectivity index is 2.53. The molecule has 0 bridgehead atoms. The van der Waals surface area contributed by atoms with Gasteiger partial charge in [-0.05, 0) is 44.0 Å². The van der Waals surface area contributed by atoms with Crippen molar-refractivity contribution < 1.29 is 14.3 Å². The second kappa shape index (κ2) is 7.12. The highest BCUT2D eigenvalue weighted by Crippen LogP contribution is 2.35. The summed E-state index contributed by atoms with van der Waals surface area (Å²) in [6.07, 6.45) is 0. The van der Waals surface area contributed by atoms with Gasteiger partial charge in [-0.3, -0.25) is 4.79 Å². The molecule has 2 aromatic carbocycles. The van der Waals surface area contributed by atoms with E-state index in [1.165, 1.54) is 0 Å². The number of carbonyl (C=O) groups is 1. The second-order valence-corrected chi connectivity index (χ2v) is 5.17. The fourth-order valence-electron chi connectivity index (χ4n) is 2.51. The standard InChI is InChI=1S/C19H22O3/c1-4-21-17-13-9-12-16(14-17)19(3,18(20)22-5-2)15-10-7-6-8-11-15/h6-14H,4-5H2,1-3H3. The summed E-state index contributed by atoms with van der Waals surface area (Å²) in [4.78, 5) is 12.7. The second-order valence-electron chi connectivity index (χ2n) is 5.17. The number of esters is 1. The molecule has 116 valence electrons. The summed E-state index contributed by atoms with van der Waals surface area (Å²) in [7, 11) is 0. The van der Waals surface area contributed by atoms with E-state index in [0.29, 0.717) is 13.2 Å². The third kappa shape index (κ3) is 3.14. The quantitative estimate of drug-likeness (QED) is 0.757. The number of ether oxygens (including phenoxy) is 2.